The van der Waals surface area contributed by atoms with E-state index in [4.69, 9.17) is 0 Å². The van der Waals surface area contributed by atoms with Crippen molar-refractivity contribution in [2.75, 3.05) is 7.11 Å². The minimum atomic E-state index is -1.49. The van der Waals surface area contributed by atoms with Crippen LogP contribution in [0.1, 0.15) is 10.4 Å². The third-order valence-corrected chi connectivity index (χ3v) is 1.60. The number of carbonyl (C=O) groups is 2. The molecule has 6 heteroatoms. The average Bonchev–Trinajstić information content (AvgIpc) is 2.14. The number of hydrogen-bond donors (Lipinski definition) is 0. The van der Waals surface area contributed by atoms with E-state index in [0.29, 0.717) is 12.1 Å². The van der Waals surface area contributed by atoms with E-state index < -0.39 is 34.8 Å². The van der Waals surface area contributed by atoms with Crippen molar-refractivity contribution in [3.8, 4) is 0 Å². The van der Waals surface area contributed by atoms with Gasteiger partial charge in [0.15, 0.2) is 0 Å². The molecule has 0 fully saturated rings. The third-order valence-electron chi connectivity index (χ3n) is 1.60. The zero-order valence-corrected chi connectivity index (χ0v) is 7.51. The van der Waals surface area contributed by atoms with E-state index in [-0.39, 0.29) is 0 Å². The van der Waals surface area contributed by atoms with Gasteiger partial charge in [-0.3, -0.25) is 4.79 Å². The molecule has 1 aromatic rings. The van der Waals surface area contributed by atoms with Crippen molar-refractivity contribution in [3.63, 3.8) is 0 Å². The van der Waals surface area contributed by atoms with Crippen LogP contribution in [0.3, 0.4) is 0 Å². The second-order valence-corrected chi connectivity index (χ2v) is 2.57. The van der Waals surface area contributed by atoms with Gasteiger partial charge >= 0.3 is 5.97 Å². The molecule has 0 bridgehead atoms. The number of esters is 1. The second kappa shape index (κ2) is 4.12. The third kappa shape index (κ3) is 2.15. The molecule has 0 heterocycles. The Bertz CT molecular complexity index is 406. The van der Waals surface area contributed by atoms with Crippen molar-refractivity contribution in [3.05, 3.63) is 35.1 Å². The Labute approximate surface area is 82.5 Å². The highest BCUT2D eigenvalue weighted by Gasteiger charge is 2.25. The molecule has 15 heavy (non-hydrogen) atoms. The fourth-order valence-corrected chi connectivity index (χ4v) is 0.954. The van der Waals surface area contributed by atoms with Crippen LogP contribution < -0.4 is 0 Å². The monoisotopic (exact) mass is 218 g/mol. The molecule has 3 nitrogen and oxygen atoms in total. The Kier molecular flexibility index (Phi) is 3.08. The molecule has 0 saturated heterocycles. The summed E-state index contributed by atoms with van der Waals surface area (Å²) in [5.74, 6) is -6.97. The van der Waals surface area contributed by atoms with Gasteiger partial charge in [0.05, 0.1) is 7.11 Å². The smallest absolute Gasteiger partial charge is 0.379 e. The van der Waals surface area contributed by atoms with Gasteiger partial charge in [-0.25, -0.2) is 18.0 Å². The van der Waals surface area contributed by atoms with Crippen LogP contribution in [0.5, 0.6) is 0 Å². The van der Waals surface area contributed by atoms with Crippen molar-refractivity contribution in [2.24, 2.45) is 0 Å². The van der Waals surface area contributed by atoms with E-state index in [0.717, 1.165) is 7.11 Å². The molecule has 0 aromatic heterocycles. The number of benzene rings is 1. The van der Waals surface area contributed by atoms with E-state index in [2.05, 4.69) is 4.74 Å². The van der Waals surface area contributed by atoms with E-state index in [1.54, 1.807) is 0 Å². The molecule has 0 aliphatic heterocycles. The predicted octanol–water partition coefficient (Wildman–Crippen LogP) is 1.46. The molecular formula is C9H5F3O3. The lowest BCUT2D eigenvalue weighted by atomic mass is 10.1. The Hall–Kier alpha value is -1.85. The number of carbonyl (C=O) groups excluding carboxylic acids is 2. The first-order valence-corrected chi connectivity index (χ1v) is 3.74. The molecule has 0 atom stereocenters. The van der Waals surface area contributed by atoms with Gasteiger partial charge < -0.3 is 4.74 Å². The normalized spacial score (nSPS) is 9.87. The summed E-state index contributed by atoms with van der Waals surface area (Å²) >= 11 is 0. The molecular weight excluding hydrogens is 213 g/mol. The summed E-state index contributed by atoms with van der Waals surface area (Å²) in [4.78, 5) is 21.8. The predicted molar refractivity (Wildman–Crippen MR) is 42.7 cm³/mol. The summed E-state index contributed by atoms with van der Waals surface area (Å²) in [6.45, 7) is 0. The maximum absolute atomic E-state index is 12.9. The first kappa shape index (κ1) is 11.2. The summed E-state index contributed by atoms with van der Waals surface area (Å²) < 4.78 is 42.3. The molecule has 0 unspecified atom stereocenters. The topological polar surface area (TPSA) is 43.4 Å². The SMILES string of the molecule is COC(=O)C(=O)c1c(F)cc(F)cc1F. The summed E-state index contributed by atoms with van der Waals surface area (Å²) in [6, 6.07) is 0.610. The fraction of sp³-hybridized carbons (Fsp3) is 0.111. The van der Waals surface area contributed by atoms with Crippen LogP contribution in [0.4, 0.5) is 13.2 Å². The zero-order valence-electron chi connectivity index (χ0n) is 7.51. The minimum absolute atomic E-state index is 0.305. The Morgan fingerprint density at radius 1 is 1.13 bits per heavy atom. The molecule has 0 spiro atoms. The summed E-state index contributed by atoms with van der Waals surface area (Å²) in [7, 11) is 0.888. The number of rotatable bonds is 2. The quantitative estimate of drug-likeness (QED) is 0.428. The highest BCUT2D eigenvalue weighted by molar-refractivity contribution is 6.40. The number of methoxy groups -OCH3 is 1. The molecule has 0 saturated carbocycles. The van der Waals surface area contributed by atoms with Crippen LogP contribution >= 0.6 is 0 Å². The molecule has 0 N–H and O–H groups in total. The van der Waals surface area contributed by atoms with Crippen molar-refractivity contribution in [1.29, 1.82) is 0 Å². The summed E-state index contributed by atoms with van der Waals surface area (Å²) in [6.07, 6.45) is 0. The first-order valence-electron chi connectivity index (χ1n) is 3.74. The van der Waals surface area contributed by atoms with Gasteiger partial charge in [-0.05, 0) is 0 Å². The van der Waals surface area contributed by atoms with Crippen LogP contribution in [0, 0.1) is 17.5 Å². The van der Waals surface area contributed by atoms with Crippen LogP contribution in [-0.2, 0) is 9.53 Å². The lowest BCUT2D eigenvalue weighted by Crippen LogP contribution is -2.19. The van der Waals surface area contributed by atoms with Crippen molar-refractivity contribution < 1.29 is 27.5 Å². The fourth-order valence-electron chi connectivity index (χ4n) is 0.954. The first-order chi connectivity index (χ1) is 6.97. The number of ether oxygens (including phenoxy) is 1. The number of halogens is 3. The maximum Gasteiger partial charge on any atom is 0.379 e. The maximum atomic E-state index is 12.9. The summed E-state index contributed by atoms with van der Waals surface area (Å²) in [5, 5.41) is 0. The lowest BCUT2D eigenvalue weighted by molar-refractivity contribution is -0.135. The van der Waals surface area contributed by atoms with Gasteiger partial charge in [0.25, 0.3) is 5.78 Å². The molecule has 1 aromatic carbocycles. The molecule has 80 valence electrons. The van der Waals surface area contributed by atoms with Crippen molar-refractivity contribution in [2.45, 2.75) is 0 Å². The second-order valence-electron chi connectivity index (χ2n) is 2.57. The van der Waals surface area contributed by atoms with Crippen LogP contribution in [-0.4, -0.2) is 18.9 Å². The summed E-state index contributed by atoms with van der Waals surface area (Å²) in [5.41, 5.74) is -1.12. The Morgan fingerprint density at radius 2 is 1.60 bits per heavy atom. The van der Waals surface area contributed by atoms with Gasteiger partial charge in [0.2, 0.25) is 0 Å². The van der Waals surface area contributed by atoms with Gasteiger partial charge in [0.1, 0.15) is 23.0 Å². The standard InChI is InChI=1S/C9H5F3O3/c1-15-9(14)8(13)7-5(11)2-4(10)3-6(7)12/h2-3H,1H3. The molecule has 0 amide bonds. The van der Waals surface area contributed by atoms with Gasteiger partial charge in [-0.2, -0.15) is 0 Å². The van der Waals surface area contributed by atoms with E-state index in [9.17, 15) is 22.8 Å². The Balaban J connectivity index is 3.26. The van der Waals surface area contributed by atoms with Crippen molar-refractivity contribution >= 4 is 11.8 Å². The highest BCUT2D eigenvalue weighted by atomic mass is 19.1. The number of hydrogen-bond acceptors (Lipinski definition) is 3. The van der Waals surface area contributed by atoms with Crippen LogP contribution in [0.15, 0.2) is 12.1 Å². The lowest BCUT2D eigenvalue weighted by Gasteiger charge is -2.02. The molecule has 0 aliphatic carbocycles. The van der Waals surface area contributed by atoms with Crippen LogP contribution in [0.2, 0.25) is 0 Å². The molecule has 0 aliphatic rings. The van der Waals surface area contributed by atoms with E-state index >= 15 is 0 Å². The number of Topliss-reactive ketones (excluding diaryl/α,β-unsaturated/α-hetero) is 1. The average molecular weight is 218 g/mol. The largest absolute Gasteiger partial charge is 0.463 e. The highest BCUT2D eigenvalue weighted by Crippen LogP contribution is 2.15. The van der Waals surface area contributed by atoms with E-state index in [1.165, 1.54) is 0 Å². The van der Waals surface area contributed by atoms with Crippen molar-refractivity contribution in [1.82, 2.24) is 0 Å². The van der Waals surface area contributed by atoms with Crippen LogP contribution in [0.25, 0.3) is 0 Å². The molecule has 0 radical (unpaired) electrons. The van der Waals surface area contributed by atoms with Gasteiger partial charge in [0, 0.05) is 12.1 Å². The minimum Gasteiger partial charge on any atom is -0.463 e. The molecule has 1 rings (SSSR count). The Morgan fingerprint density at radius 3 is 2.00 bits per heavy atom. The van der Waals surface area contributed by atoms with E-state index in [1.807, 2.05) is 0 Å². The van der Waals surface area contributed by atoms with Gasteiger partial charge in [-0.1, -0.05) is 0 Å². The van der Waals surface area contributed by atoms with Gasteiger partial charge in [-0.15, -0.1) is 0 Å². The zero-order chi connectivity index (χ0) is 11.6. The number of ketones is 1.